The lowest BCUT2D eigenvalue weighted by Gasteiger charge is -2.24. The topological polar surface area (TPSA) is 36.9 Å². The van der Waals surface area contributed by atoms with Crippen LogP contribution in [0.4, 0.5) is 0 Å². The van der Waals surface area contributed by atoms with Crippen LogP contribution in [0, 0.1) is 5.92 Å². The zero-order valence-corrected chi connectivity index (χ0v) is 14.5. The standard InChI is InChI=1S/C14H22BrN3OS/c1-3-16-14(17-8-12-4-5-13(15)20-12)18(2)9-11-6-7-19-10-11/h4-5,11H,3,6-10H2,1-2H3,(H,16,17). The summed E-state index contributed by atoms with van der Waals surface area (Å²) in [6, 6.07) is 4.19. The van der Waals surface area contributed by atoms with Crippen LogP contribution in [0.15, 0.2) is 20.9 Å². The van der Waals surface area contributed by atoms with Crippen molar-refractivity contribution in [1.29, 1.82) is 0 Å². The van der Waals surface area contributed by atoms with E-state index in [-0.39, 0.29) is 0 Å². The molecule has 2 rings (SSSR count). The maximum atomic E-state index is 5.44. The molecule has 1 aromatic heterocycles. The predicted molar refractivity (Wildman–Crippen MR) is 88.4 cm³/mol. The summed E-state index contributed by atoms with van der Waals surface area (Å²) in [4.78, 5) is 8.20. The molecule has 1 atom stereocenters. The molecule has 0 saturated carbocycles. The summed E-state index contributed by atoms with van der Waals surface area (Å²) in [5.41, 5.74) is 0. The van der Waals surface area contributed by atoms with Crippen LogP contribution in [-0.2, 0) is 11.3 Å². The van der Waals surface area contributed by atoms with Gasteiger partial charge in [-0.3, -0.25) is 0 Å². The molecule has 6 heteroatoms. The third-order valence-electron chi connectivity index (χ3n) is 3.27. The van der Waals surface area contributed by atoms with E-state index in [1.807, 2.05) is 0 Å². The van der Waals surface area contributed by atoms with Gasteiger partial charge in [0.1, 0.15) is 0 Å². The minimum Gasteiger partial charge on any atom is -0.381 e. The number of halogens is 1. The Morgan fingerprint density at radius 3 is 3.05 bits per heavy atom. The summed E-state index contributed by atoms with van der Waals surface area (Å²) in [6.07, 6.45) is 1.15. The fraction of sp³-hybridized carbons (Fsp3) is 0.643. The highest BCUT2D eigenvalue weighted by molar-refractivity contribution is 9.11. The highest BCUT2D eigenvalue weighted by atomic mass is 79.9. The molecule has 0 radical (unpaired) electrons. The molecule has 1 aliphatic heterocycles. The van der Waals surface area contributed by atoms with Crippen LogP contribution in [-0.4, -0.2) is 44.2 Å². The van der Waals surface area contributed by atoms with Gasteiger partial charge in [-0.1, -0.05) is 0 Å². The van der Waals surface area contributed by atoms with Gasteiger partial charge in [-0.25, -0.2) is 4.99 Å². The van der Waals surface area contributed by atoms with Gasteiger partial charge >= 0.3 is 0 Å². The van der Waals surface area contributed by atoms with Gasteiger partial charge in [-0.15, -0.1) is 11.3 Å². The van der Waals surface area contributed by atoms with Crippen molar-refractivity contribution in [3.63, 3.8) is 0 Å². The monoisotopic (exact) mass is 359 g/mol. The van der Waals surface area contributed by atoms with E-state index in [4.69, 9.17) is 9.73 Å². The molecular formula is C14H22BrN3OS. The Balaban J connectivity index is 1.93. The molecule has 0 spiro atoms. The number of nitrogens with zero attached hydrogens (tertiary/aromatic N) is 2. The fourth-order valence-electron chi connectivity index (χ4n) is 2.26. The van der Waals surface area contributed by atoms with E-state index in [2.05, 4.69) is 52.3 Å². The second-order valence-corrected chi connectivity index (χ2v) is 7.53. The highest BCUT2D eigenvalue weighted by Crippen LogP contribution is 2.22. The molecule has 0 amide bonds. The van der Waals surface area contributed by atoms with Crippen LogP contribution in [0.2, 0.25) is 0 Å². The van der Waals surface area contributed by atoms with Crippen LogP contribution in [0.25, 0.3) is 0 Å². The summed E-state index contributed by atoms with van der Waals surface area (Å²) in [5, 5.41) is 3.36. The molecule has 4 nitrogen and oxygen atoms in total. The average Bonchev–Trinajstić information content (AvgIpc) is 3.06. The number of ether oxygens (including phenoxy) is 1. The maximum absolute atomic E-state index is 5.44. The average molecular weight is 360 g/mol. The van der Waals surface area contributed by atoms with E-state index in [0.717, 1.165) is 49.0 Å². The molecule has 1 fully saturated rings. The van der Waals surface area contributed by atoms with Crippen LogP contribution < -0.4 is 5.32 Å². The molecule has 1 aliphatic rings. The highest BCUT2D eigenvalue weighted by Gasteiger charge is 2.19. The van der Waals surface area contributed by atoms with Gasteiger partial charge in [-0.05, 0) is 41.4 Å². The van der Waals surface area contributed by atoms with Crippen LogP contribution in [0.5, 0.6) is 0 Å². The lowest BCUT2D eigenvalue weighted by atomic mass is 10.1. The van der Waals surface area contributed by atoms with Crippen LogP contribution in [0.3, 0.4) is 0 Å². The summed E-state index contributed by atoms with van der Waals surface area (Å²) < 4.78 is 6.60. The van der Waals surface area contributed by atoms with Gasteiger partial charge in [0.25, 0.3) is 0 Å². The molecule has 1 unspecified atom stereocenters. The summed E-state index contributed by atoms with van der Waals surface area (Å²) in [6.45, 7) is 6.49. The Kier molecular flexibility index (Phi) is 6.32. The summed E-state index contributed by atoms with van der Waals surface area (Å²) >= 11 is 5.22. The Morgan fingerprint density at radius 2 is 2.45 bits per heavy atom. The Labute approximate surface area is 133 Å². The van der Waals surface area contributed by atoms with E-state index < -0.39 is 0 Å². The zero-order chi connectivity index (χ0) is 14.4. The Morgan fingerprint density at radius 1 is 1.60 bits per heavy atom. The number of hydrogen-bond acceptors (Lipinski definition) is 3. The van der Waals surface area contributed by atoms with E-state index in [9.17, 15) is 0 Å². The third kappa shape index (κ3) is 4.75. The van der Waals surface area contributed by atoms with Crippen molar-refractivity contribution in [1.82, 2.24) is 10.2 Å². The second-order valence-electron chi connectivity index (χ2n) is 4.99. The summed E-state index contributed by atoms with van der Waals surface area (Å²) in [5.74, 6) is 1.60. The second kappa shape index (κ2) is 8.00. The first-order valence-electron chi connectivity index (χ1n) is 7.00. The number of guanidine groups is 1. The van der Waals surface area contributed by atoms with E-state index >= 15 is 0 Å². The van der Waals surface area contributed by atoms with Gasteiger partial charge < -0.3 is 15.0 Å². The van der Waals surface area contributed by atoms with E-state index in [1.54, 1.807) is 11.3 Å². The molecular weight excluding hydrogens is 338 g/mol. The SMILES string of the molecule is CCNC(=NCc1ccc(Br)s1)N(C)CC1CCOC1. The minimum absolute atomic E-state index is 0.625. The molecule has 112 valence electrons. The Hall–Kier alpha value is -0.590. The number of aliphatic imine (C=N–C) groups is 1. The number of nitrogens with one attached hydrogen (secondary N) is 1. The molecule has 20 heavy (non-hydrogen) atoms. The molecule has 1 N–H and O–H groups in total. The van der Waals surface area contributed by atoms with Crippen molar-refractivity contribution < 1.29 is 4.74 Å². The number of hydrogen-bond donors (Lipinski definition) is 1. The zero-order valence-electron chi connectivity index (χ0n) is 12.1. The van der Waals surface area contributed by atoms with Gasteiger partial charge in [-0.2, -0.15) is 0 Å². The summed E-state index contributed by atoms with van der Waals surface area (Å²) in [7, 11) is 2.10. The predicted octanol–water partition coefficient (Wildman–Crippen LogP) is 2.94. The molecule has 1 aromatic rings. The Bertz CT molecular complexity index is 443. The maximum Gasteiger partial charge on any atom is 0.194 e. The molecule has 0 aromatic carbocycles. The van der Waals surface area contributed by atoms with E-state index in [1.165, 1.54) is 4.88 Å². The lowest BCUT2D eigenvalue weighted by Crippen LogP contribution is -2.41. The number of rotatable bonds is 5. The van der Waals surface area contributed by atoms with Crippen molar-refractivity contribution >= 4 is 33.2 Å². The largest absolute Gasteiger partial charge is 0.381 e. The lowest BCUT2D eigenvalue weighted by molar-refractivity contribution is 0.181. The van der Waals surface area contributed by atoms with Crippen LogP contribution >= 0.6 is 27.3 Å². The first-order valence-corrected chi connectivity index (χ1v) is 8.61. The van der Waals surface area contributed by atoms with Gasteiger partial charge in [0, 0.05) is 37.5 Å². The van der Waals surface area contributed by atoms with Crippen molar-refractivity contribution in [2.75, 3.05) is 33.4 Å². The third-order valence-corrected chi connectivity index (χ3v) is 4.87. The molecule has 1 saturated heterocycles. The van der Waals surface area contributed by atoms with Crippen molar-refractivity contribution in [3.05, 3.63) is 20.8 Å². The first-order chi connectivity index (χ1) is 9.69. The smallest absolute Gasteiger partial charge is 0.194 e. The van der Waals surface area contributed by atoms with Gasteiger partial charge in [0.2, 0.25) is 0 Å². The van der Waals surface area contributed by atoms with E-state index in [0.29, 0.717) is 5.92 Å². The van der Waals surface area contributed by atoms with Crippen molar-refractivity contribution in [3.8, 4) is 0 Å². The van der Waals surface area contributed by atoms with Gasteiger partial charge in [0.05, 0.1) is 16.9 Å². The fourth-order valence-corrected chi connectivity index (χ4v) is 3.67. The van der Waals surface area contributed by atoms with Crippen molar-refractivity contribution in [2.24, 2.45) is 10.9 Å². The quantitative estimate of drug-likeness (QED) is 0.648. The minimum atomic E-state index is 0.625. The molecule has 2 heterocycles. The van der Waals surface area contributed by atoms with Gasteiger partial charge in [0.15, 0.2) is 5.96 Å². The van der Waals surface area contributed by atoms with Crippen molar-refractivity contribution in [2.45, 2.75) is 19.9 Å². The normalized spacial score (nSPS) is 19.4. The number of thiophene rings is 1. The van der Waals surface area contributed by atoms with Crippen LogP contribution in [0.1, 0.15) is 18.2 Å². The first kappa shape index (κ1) is 15.8. The molecule has 0 bridgehead atoms. The molecule has 0 aliphatic carbocycles.